The number of hydrogen-bond acceptors (Lipinski definition) is 4. The fourth-order valence-electron chi connectivity index (χ4n) is 2.45. The van der Waals surface area contributed by atoms with Crippen molar-refractivity contribution in [1.29, 1.82) is 0 Å². The molecule has 1 aliphatic heterocycles. The van der Waals surface area contributed by atoms with E-state index in [9.17, 15) is 0 Å². The molecule has 5 heteroatoms. The Labute approximate surface area is 124 Å². The highest BCUT2D eigenvalue weighted by Gasteiger charge is 2.17. The first-order valence-corrected chi connectivity index (χ1v) is 7.77. The van der Waals surface area contributed by atoms with Gasteiger partial charge in [-0.15, -0.1) is 0 Å². The molecule has 0 radical (unpaired) electrons. The number of nitrogens with two attached hydrogens (primary N) is 1. The van der Waals surface area contributed by atoms with Crippen LogP contribution in [0, 0.1) is 5.92 Å². The first kappa shape index (κ1) is 14.8. The van der Waals surface area contributed by atoms with Crippen LogP contribution in [0.5, 0.6) is 0 Å². The van der Waals surface area contributed by atoms with E-state index in [1.165, 1.54) is 6.42 Å². The van der Waals surface area contributed by atoms with Crippen molar-refractivity contribution in [2.75, 3.05) is 44.2 Å². The summed E-state index contributed by atoms with van der Waals surface area (Å²) in [4.78, 5) is 9.39. The second kappa shape index (κ2) is 7.22. The SMILES string of the molecule is CC(CN)CN1CCCN(c2ccc(Br)cn2)CC1. The second-order valence-electron chi connectivity index (χ2n) is 5.32. The van der Waals surface area contributed by atoms with Crippen LogP contribution in [0.25, 0.3) is 0 Å². The Balaban J connectivity index is 1.91. The second-order valence-corrected chi connectivity index (χ2v) is 6.23. The van der Waals surface area contributed by atoms with Crippen molar-refractivity contribution in [3.63, 3.8) is 0 Å². The Hall–Kier alpha value is -0.650. The van der Waals surface area contributed by atoms with E-state index in [-0.39, 0.29) is 0 Å². The van der Waals surface area contributed by atoms with Crippen molar-refractivity contribution in [1.82, 2.24) is 9.88 Å². The number of aromatic nitrogens is 1. The molecule has 0 amide bonds. The highest BCUT2D eigenvalue weighted by Crippen LogP contribution is 2.16. The summed E-state index contributed by atoms with van der Waals surface area (Å²) in [6, 6.07) is 4.14. The van der Waals surface area contributed by atoms with Gasteiger partial charge < -0.3 is 15.5 Å². The maximum atomic E-state index is 5.71. The van der Waals surface area contributed by atoms with E-state index < -0.39 is 0 Å². The molecule has 0 saturated carbocycles. The normalized spacial score (nSPS) is 19.2. The maximum absolute atomic E-state index is 5.71. The van der Waals surface area contributed by atoms with Gasteiger partial charge in [0.15, 0.2) is 0 Å². The molecule has 1 atom stereocenters. The maximum Gasteiger partial charge on any atom is 0.128 e. The average Bonchev–Trinajstić information content (AvgIpc) is 2.65. The van der Waals surface area contributed by atoms with Gasteiger partial charge in [-0.25, -0.2) is 4.98 Å². The van der Waals surface area contributed by atoms with Gasteiger partial charge in [0.05, 0.1) is 0 Å². The molecule has 2 heterocycles. The molecule has 0 aliphatic carbocycles. The summed E-state index contributed by atoms with van der Waals surface area (Å²) >= 11 is 3.43. The molecule has 1 saturated heterocycles. The van der Waals surface area contributed by atoms with Crippen LogP contribution in [0.2, 0.25) is 0 Å². The number of nitrogens with zero attached hydrogens (tertiary/aromatic N) is 3. The average molecular weight is 327 g/mol. The minimum absolute atomic E-state index is 0.581. The molecule has 1 aromatic heterocycles. The molecule has 2 rings (SSSR count). The van der Waals surface area contributed by atoms with Crippen molar-refractivity contribution in [2.45, 2.75) is 13.3 Å². The molecule has 0 aromatic carbocycles. The minimum atomic E-state index is 0.581. The highest BCUT2D eigenvalue weighted by molar-refractivity contribution is 9.10. The van der Waals surface area contributed by atoms with Gasteiger partial charge in [-0.2, -0.15) is 0 Å². The smallest absolute Gasteiger partial charge is 0.128 e. The Morgan fingerprint density at radius 2 is 2.16 bits per heavy atom. The van der Waals surface area contributed by atoms with Gasteiger partial charge in [-0.1, -0.05) is 6.92 Å². The summed E-state index contributed by atoms with van der Waals surface area (Å²) in [7, 11) is 0. The van der Waals surface area contributed by atoms with Gasteiger partial charge in [0.25, 0.3) is 0 Å². The van der Waals surface area contributed by atoms with Crippen LogP contribution in [-0.2, 0) is 0 Å². The quantitative estimate of drug-likeness (QED) is 0.918. The lowest BCUT2D eigenvalue weighted by Gasteiger charge is -2.24. The molecule has 2 N–H and O–H groups in total. The monoisotopic (exact) mass is 326 g/mol. The lowest BCUT2D eigenvalue weighted by atomic mass is 10.1. The van der Waals surface area contributed by atoms with Gasteiger partial charge in [0.2, 0.25) is 0 Å². The first-order chi connectivity index (χ1) is 9.19. The Morgan fingerprint density at radius 1 is 1.32 bits per heavy atom. The van der Waals surface area contributed by atoms with E-state index in [0.29, 0.717) is 5.92 Å². The van der Waals surface area contributed by atoms with E-state index >= 15 is 0 Å². The third-order valence-corrected chi connectivity index (χ3v) is 4.07. The van der Waals surface area contributed by atoms with Gasteiger partial charge in [-0.3, -0.25) is 0 Å². The molecule has 0 spiro atoms. The molecule has 19 heavy (non-hydrogen) atoms. The Morgan fingerprint density at radius 3 is 2.84 bits per heavy atom. The van der Waals surface area contributed by atoms with Crippen molar-refractivity contribution < 1.29 is 0 Å². The number of pyridine rings is 1. The van der Waals surface area contributed by atoms with Gasteiger partial charge in [-0.05, 0) is 53.5 Å². The van der Waals surface area contributed by atoms with Gasteiger partial charge in [0.1, 0.15) is 5.82 Å². The molecular formula is C14H23BrN4. The molecule has 0 bridgehead atoms. The zero-order chi connectivity index (χ0) is 13.7. The van der Waals surface area contributed by atoms with Crippen LogP contribution in [0.1, 0.15) is 13.3 Å². The number of rotatable bonds is 4. The predicted octanol–water partition coefficient (Wildman–Crippen LogP) is 1.95. The third kappa shape index (κ3) is 4.44. The predicted molar refractivity (Wildman–Crippen MR) is 83.4 cm³/mol. The van der Waals surface area contributed by atoms with E-state index in [0.717, 1.165) is 49.6 Å². The van der Waals surface area contributed by atoms with E-state index in [2.05, 4.69) is 49.8 Å². The number of hydrogen-bond donors (Lipinski definition) is 1. The Bertz CT molecular complexity index is 382. The molecule has 1 unspecified atom stereocenters. The Kier molecular flexibility index (Phi) is 5.60. The zero-order valence-corrected chi connectivity index (χ0v) is 13.1. The molecule has 1 fully saturated rings. The van der Waals surface area contributed by atoms with E-state index in [1.54, 1.807) is 0 Å². The molecular weight excluding hydrogens is 304 g/mol. The van der Waals surface area contributed by atoms with Crippen LogP contribution in [0.4, 0.5) is 5.82 Å². The summed E-state index contributed by atoms with van der Waals surface area (Å²) in [5.41, 5.74) is 5.71. The summed E-state index contributed by atoms with van der Waals surface area (Å²) in [6.07, 6.45) is 3.06. The lowest BCUT2D eigenvalue weighted by Crippen LogP contribution is -2.35. The van der Waals surface area contributed by atoms with E-state index in [1.807, 2.05) is 6.20 Å². The van der Waals surface area contributed by atoms with Crippen molar-refractivity contribution in [2.24, 2.45) is 11.7 Å². The van der Waals surface area contributed by atoms with E-state index in [4.69, 9.17) is 5.73 Å². The fourth-order valence-corrected chi connectivity index (χ4v) is 2.69. The molecule has 4 nitrogen and oxygen atoms in total. The molecule has 1 aliphatic rings. The summed E-state index contributed by atoms with van der Waals surface area (Å²) in [6.45, 7) is 8.50. The van der Waals surface area contributed by atoms with Crippen LogP contribution in [0.3, 0.4) is 0 Å². The summed E-state index contributed by atoms with van der Waals surface area (Å²) in [5, 5.41) is 0. The number of anilines is 1. The standard InChI is InChI=1S/C14H23BrN4/c1-12(9-16)11-18-5-2-6-19(8-7-18)14-4-3-13(15)10-17-14/h3-4,10,12H,2,5-9,11,16H2,1H3. The zero-order valence-electron chi connectivity index (χ0n) is 11.6. The highest BCUT2D eigenvalue weighted by atomic mass is 79.9. The lowest BCUT2D eigenvalue weighted by molar-refractivity contribution is 0.255. The fraction of sp³-hybridized carbons (Fsp3) is 0.643. The summed E-state index contributed by atoms with van der Waals surface area (Å²) in [5.74, 6) is 1.66. The van der Waals surface area contributed by atoms with Crippen molar-refractivity contribution in [3.8, 4) is 0 Å². The van der Waals surface area contributed by atoms with Crippen LogP contribution in [0.15, 0.2) is 22.8 Å². The van der Waals surface area contributed by atoms with Crippen LogP contribution in [-0.4, -0.2) is 49.2 Å². The van der Waals surface area contributed by atoms with Crippen LogP contribution >= 0.6 is 15.9 Å². The molecule has 1 aromatic rings. The van der Waals surface area contributed by atoms with Crippen molar-refractivity contribution >= 4 is 21.7 Å². The molecule has 106 valence electrons. The third-order valence-electron chi connectivity index (χ3n) is 3.60. The van der Waals surface area contributed by atoms with Gasteiger partial charge >= 0.3 is 0 Å². The van der Waals surface area contributed by atoms with Gasteiger partial charge in [0, 0.05) is 36.8 Å². The largest absolute Gasteiger partial charge is 0.355 e. The first-order valence-electron chi connectivity index (χ1n) is 6.98. The topological polar surface area (TPSA) is 45.4 Å². The van der Waals surface area contributed by atoms with Crippen LogP contribution < -0.4 is 10.6 Å². The minimum Gasteiger partial charge on any atom is -0.355 e. The van der Waals surface area contributed by atoms with Crippen molar-refractivity contribution in [3.05, 3.63) is 22.8 Å². The summed E-state index contributed by atoms with van der Waals surface area (Å²) < 4.78 is 1.03. The number of halogens is 1.